The summed E-state index contributed by atoms with van der Waals surface area (Å²) in [6, 6.07) is 0. The van der Waals surface area contributed by atoms with Gasteiger partial charge < -0.3 is 19.7 Å². The zero-order valence-corrected chi connectivity index (χ0v) is 6.36. The van der Waals surface area contributed by atoms with Crippen LogP contribution in [0.1, 0.15) is 6.92 Å². The summed E-state index contributed by atoms with van der Waals surface area (Å²) in [7, 11) is 0. The second-order valence-electron chi connectivity index (χ2n) is 2.05. The third-order valence-electron chi connectivity index (χ3n) is 0.897. The van der Waals surface area contributed by atoms with Crippen molar-refractivity contribution in [1.29, 1.82) is 0 Å². The van der Waals surface area contributed by atoms with E-state index >= 15 is 0 Å². The van der Waals surface area contributed by atoms with Crippen LogP contribution in [0.3, 0.4) is 0 Å². The highest BCUT2D eigenvalue weighted by atomic mass is 19.2. The van der Waals surface area contributed by atoms with E-state index in [1.54, 1.807) is 0 Å². The van der Waals surface area contributed by atoms with Crippen LogP contribution in [-0.4, -0.2) is 34.7 Å². The molecule has 0 aliphatic carbocycles. The molecular weight excluding hydrogens is 194 g/mol. The maximum absolute atomic E-state index is 12.7. The summed E-state index contributed by atoms with van der Waals surface area (Å²) >= 11 is 0. The molecule has 0 rings (SSSR count). The molecule has 0 aliphatic heterocycles. The van der Waals surface area contributed by atoms with E-state index in [4.69, 9.17) is 10.2 Å². The molecule has 0 heterocycles. The first-order valence-corrected chi connectivity index (χ1v) is 2.90. The minimum atomic E-state index is -3.36. The van der Waals surface area contributed by atoms with Crippen LogP contribution in [0.5, 0.6) is 0 Å². The van der Waals surface area contributed by atoms with Crippen LogP contribution in [0.4, 0.5) is 18.4 Å². The maximum Gasteiger partial charge on any atom is 0.508 e. The maximum atomic E-state index is 12.7. The van der Waals surface area contributed by atoms with E-state index in [0.717, 1.165) is 0 Å². The van der Waals surface area contributed by atoms with Gasteiger partial charge in [-0.25, -0.2) is 9.59 Å². The number of alkyl halides is 2. The molecule has 0 saturated heterocycles. The van der Waals surface area contributed by atoms with Crippen LogP contribution in [0.2, 0.25) is 0 Å². The molecule has 0 aromatic rings. The van der Waals surface area contributed by atoms with Crippen LogP contribution in [0, 0.1) is 0 Å². The molecule has 0 bridgehead atoms. The first kappa shape index (κ1) is 11.4. The van der Waals surface area contributed by atoms with E-state index in [1.807, 2.05) is 0 Å². The van der Waals surface area contributed by atoms with Gasteiger partial charge >= 0.3 is 24.5 Å². The Morgan fingerprint density at radius 2 is 1.85 bits per heavy atom. The standard InChI is InChI=1S/C5H6F2O6/c1-5(7,13-4(10)11)2(6)12-3(8)9/h2H,1H3,(H,8,9)(H,10,11). The molecule has 2 atom stereocenters. The normalized spacial score (nSPS) is 16.8. The molecule has 13 heavy (non-hydrogen) atoms. The molecule has 0 aromatic heterocycles. The third-order valence-corrected chi connectivity index (χ3v) is 0.897. The first-order chi connectivity index (χ1) is 5.75. The van der Waals surface area contributed by atoms with Gasteiger partial charge in [0.1, 0.15) is 0 Å². The fourth-order valence-corrected chi connectivity index (χ4v) is 0.411. The van der Waals surface area contributed by atoms with Gasteiger partial charge in [-0.2, -0.15) is 8.78 Å². The zero-order valence-electron chi connectivity index (χ0n) is 6.36. The Kier molecular flexibility index (Phi) is 3.40. The van der Waals surface area contributed by atoms with Gasteiger partial charge in [0.05, 0.1) is 0 Å². The smallest absolute Gasteiger partial charge is 0.450 e. The van der Waals surface area contributed by atoms with E-state index in [1.165, 1.54) is 0 Å². The van der Waals surface area contributed by atoms with Gasteiger partial charge in [0.15, 0.2) is 0 Å². The number of hydrogen-bond acceptors (Lipinski definition) is 4. The Morgan fingerprint density at radius 3 is 2.15 bits per heavy atom. The van der Waals surface area contributed by atoms with Gasteiger partial charge in [-0.3, -0.25) is 0 Å². The van der Waals surface area contributed by atoms with E-state index in [0.29, 0.717) is 6.92 Å². The lowest BCUT2D eigenvalue weighted by molar-refractivity contribution is -0.215. The molecule has 2 N–H and O–H groups in total. The molecule has 0 saturated carbocycles. The third kappa shape index (κ3) is 4.09. The number of ether oxygens (including phenoxy) is 2. The van der Waals surface area contributed by atoms with Crippen LogP contribution < -0.4 is 0 Å². The highest BCUT2D eigenvalue weighted by molar-refractivity contribution is 5.58. The second-order valence-corrected chi connectivity index (χ2v) is 2.05. The average Bonchev–Trinajstić information content (AvgIpc) is 1.81. The number of halogens is 2. The van der Waals surface area contributed by atoms with Crippen molar-refractivity contribution >= 4 is 12.3 Å². The van der Waals surface area contributed by atoms with Gasteiger partial charge in [0, 0.05) is 6.92 Å². The number of rotatable bonds is 3. The zero-order chi connectivity index (χ0) is 10.6. The van der Waals surface area contributed by atoms with Gasteiger partial charge in [-0.15, -0.1) is 0 Å². The van der Waals surface area contributed by atoms with Crippen molar-refractivity contribution in [3.05, 3.63) is 0 Å². The summed E-state index contributed by atoms with van der Waals surface area (Å²) in [6.07, 6.45) is -7.19. The van der Waals surface area contributed by atoms with Gasteiger partial charge in [-0.1, -0.05) is 0 Å². The van der Waals surface area contributed by atoms with Crippen molar-refractivity contribution in [3.63, 3.8) is 0 Å². The molecule has 0 fully saturated rings. The van der Waals surface area contributed by atoms with E-state index < -0.39 is 24.5 Å². The monoisotopic (exact) mass is 200 g/mol. The summed E-state index contributed by atoms with van der Waals surface area (Å²) in [5.41, 5.74) is 0. The average molecular weight is 200 g/mol. The summed E-state index contributed by atoms with van der Waals surface area (Å²) in [5, 5.41) is 15.7. The van der Waals surface area contributed by atoms with Gasteiger partial charge in [-0.05, 0) is 0 Å². The van der Waals surface area contributed by atoms with Gasteiger partial charge in [0.25, 0.3) is 0 Å². The summed E-state index contributed by atoms with van der Waals surface area (Å²) in [4.78, 5) is 19.5. The minimum absolute atomic E-state index is 0.384. The molecule has 8 heteroatoms. The second kappa shape index (κ2) is 3.87. The van der Waals surface area contributed by atoms with Crippen LogP contribution in [-0.2, 0) is 9.47 Å². The minimum Gasteiger partial charge on any atom is -0.450 e. The highest BCUT2D eigenvalue weighted by Gasteiger charge is 2.42. The Bertz CT molecular complexity index is 215. The molecule has 0 radical (unpaired) electrons. The molecule has 0 amide bonds. The van der Waals surface area contributed by atoms with Crippen molar-refractivity contribution in [2.45, 2.75) is 19.1 Å². The molecule has 0 spiro atoms. The van der Waals surface area contributed by atoms with Crippen molar-refractivity contribution in [2.24, 2.45) is 0 Å². The quantitative estimate of drug-likeness (QED) is 0.668. The number of carbonyl (C=O) groups is 2. The lowest BCUT2D eigenvalue weighted by Crippen LogP contribution is -2.39. The van der Waals surface area contributed by atoms with Crippen LogP contribution in [0.15, 0.2) is 0 Å². The molecule has 0 aromatic carbocycles. The van der Waals surface area contributed by atoms with E-state index in [2.05, 4.69) is 9.47 Å². The lowest BCUT2D eigenvalue weighted by atomic mass is 10.3. The first-order valence-electron chi connectivity index (χ1n) is 2.90. The number of hydrogen-bond donors (Lipinski definition) is 2. The SMILES string of the molecule is CC(F)(OC(=O)O)C(F)OC(=O)O. The molecule has 2 unspecified atom stereocenters. The van der Waals surface area contributed by atoms with Crippen molar-refractivity contribution in [1.82, 2.24) is 0 Å². The molecule has 76 valence electrons. The van der Waals surface area contributed by atoms with Crippen molar-refractivity contribution in [3.8, 4) is 0 Å². The van der Waals surface area contributed by atoms with Crippen LogP contribution >= 0.6 is 0 Å². The predicted molar refractivity (Wildman–Crippen MR) is 32.6 cm³/mol. The predicted octanol–water partition coefficient (Wildman–Crippen LogP) is 1.36. The molecule has 6 nitrogen and oxygen atoms in total. The Hall–Kier alpha value is -1.60. The van der Waals surface area contributed by atoms with Crippen molar-refractivity contribution < 1.29 is 38.1 Å². The summed E-state index contributed by atoms with van der Waals surface area (Å²) < 4.78 is 31.8. The topological polar surface area (TPSA) is 93.1 Å². The van der Waals surface area contributed by atoms with E-state index in [-0.39, 0.29) is 0 Å². The highest BCUT2D eigenvalue weighted by Crippen LogP contribution is 2.21. The lowest BCUT2D eigenvalue weighted by Gasteiger charge is -2.21. The number of carboxylic acid groups (broad SMARTS) is 2. The van der Waals surface area contributed by atoms with Crippen LogP contribution in [0.25, 0.3) is 0 Å². The fraction of sp³-hybridized carbons (Fsp3) is 0.600. The van der Waals surface area contributed by atoms with Crippen molar-refractivity contribution in [2.75, 3.05) is 0 Å². The Morgan fingerprint density at radius 1 is 1.38 bits per heavy atom. The Labute approximate surface area is 70.7 Å². The molecular formula is C5H6F2O6. The summed E-state index contributed by atoms with van der Waals surface area (Å²) in [5.74, 6) is -3.36. The van der Waals surface area contributed by atoms with Gasteiger partial charge in [0.2, 0.25) is 0 Å². The fourth-order valence-electron chi connectivity index (χ4n) is 0.411. The largest absolute Gasteiger partial charge is 0.508 e. The summed E-state index contributed by atoms with van der Waals surface area (Å²) in [6.45, 7) is 0.384. The Balaban J connectivity index is 4.25. The van der Waals surface area contributed by atoms with E-state index in [9.17, 15) is 18.4 Å². The molecule has 0 aliphatic rings.